The van der Waals surface area contributed by atoms with E-state index in [9.17, 15) is 19.2 Å². The summed E-state index contributed by atoms with van der Waals surface area (Å²) >= 11 is 0. The average molecular weight is 465 g/mol. The van der Waals surface area contributed by atoms with E-state index in [4.69, 9.17) is 18.9 Å². The van der Waals surface area contributed by atoms with Gasteiger partial charge in [0.15, 0.2) is 23.1 Å². The van der Waals surface area contributed by atoms with Crippen LogP contribution in [0.25, 0.3) is 0 Å². The van der Waals surface area contributed by atoms with Crippen molar-refractivity contribution < 1.29 is 38.1 Å². The second-order valence-electron chi connectivity index (χ2n) is 7.39. The molecule has 0 saturated heterocycles. The Morgan fingerprint density at radius 1 is 0.485 bits per heavy atom. The number of ketones is 4. The van der Waals surface area contributed by atoms with E-state index in [2.05, 4.69) is 26.3 Å². The van der Waals surface area contributed by atoms with Gasteiger partial charge in [-0.15, -0.1) is 0 Å². The van der Waals surface area contributed by atoms with Crippen molar-refractivity contribution in [3.8, 4) is 0 Å². The van der Waals surface area contributed by atoms with E-state index in [-0.39, 0.29) is 102 Å². The van der Waals surface area contributed by atoms with Crippen LogP contribution in [0.2, 0.25) is 0 Å². The predicted octanol–water partition coefficient (Wildman–Crippen LogP) is 2.62. The van der Waals surface area contributed by atoms with Gasteiger partial charge in [-0.3, -0.25) is 19.2 Å². The molecule has 0 aromatic rings. The highest BCUT2D eigenvalue weighted by molar-refractivity contribution is 5.90. The second kappa shape index (κ2) is 19.0. The largest absolute Gasteiger partial charge is 0.380 e. The highest BCUT2D eigenvalue weighted by Gasteiger charge is 2.32. The Hall–Kier alpha value is -2.52. The molecule has 0 radical (unpaired) electrons. The molecule has 0 saturated carbocycles. The van der Waals surface area contributed by atoms with E-state index in [0.29, 0.717) is 0 Å². The lowest BCUT2D eigenvalue weighted by molar-refractivity contribution is -0.124. The number of ether oxygens (including phenoxy) is 4. The summed E-state index contributed by atoms with van der Waals surface area (Å²) in [6.07, 6.45) is 5.64. The van der Waals surface area contributed by atoms with Gasteiger partial charge < -0.3 is 18.9 Å². The van der Waals surface area contributed by atoms with Crippen LogP contribution in [0.15, 0.2) is 50.6 Å². The van der Waals surface area contributed by atoms with Crippen molar-refractivity contribution in [3.63, 3.8) is 0 Å². The molecule has 184 valence electrons. The number of allylic oxidation sites excluding steroid dienone is 4. The first-order chi connectivity index (χ1) is 15.8. The van der Waals surface area contributed by atoms with Crippen molar-refractivity contribution >= 4 is 23.1 Å². The maximum absolute atomic E-state index is 11.5. The van der Waals surface area contributed by atoms with Crippen LogP contribution in [-0.4, -0.2) is 76.0 Å². The van der Waals surface area contributed by atoms with Crippen LogP contribution in [-0.2, 0) is 38.1 Å². The fourth-order valence-corrected chi connectivity index (χ4v) is 2.50. The fraction of sp³-hybridized carbons (Fsp3) is 0.520. The Bertz CT molecular complexity index is 562. The summed E-state index contributed by atoms with van der Waals surface area (Å²) in [5.74, 6) is -0.562. The zero-order valence-corrected chi connectivity index (χ0v) is 19.4. The summed E-state index contributed by atoms with van der Waals surface area (Å²) < 4.78 is 22.8. The van der Waals surface area contributed by atoms with E-state index in [0.717, 1.165) is 0 Å². The summed E-state index contributed by atoms with van der Waals surface area (Å²) in [4.78, 5) is 45.8. The fourth-order valence-electron chi connectivity index (χ4n) is 2.50. The van der Waals surface area contributed by atoms with Gasteiger partial charge in [-0.25, -0.2) is 0 Å². The summed E-state index contributed by atoms with van der Waals surface area (Å²) in [7, 11) is 0. The van der Waals surface area contributed by atoms with E-state index >= 15 is 0 Å². The standard InChI is InChI=1S/C25H36O8/c1-5-21(26)9-13-30-17-25(18-31-14-10-22(27)6-2,19-32-15-11-23(28)7-3)20-33-16-12-24(29)8-4/h5-8H,1-4,9-20H2. The zero-order chi connectivity index (χ0) is 25.0. The van der Waals surface area contributed by atoms with Gasteiger partial charge in [-0.2, -0.15) is 0 Å². The Morgan fingerprint density at radius 3 is 0.879 bits per heavy atom. The van der Waals surface area contributed by atoms with E-state index in [1.165, 1.54) is 24.3 Å². The third-order valence-corrected chi connectivity index (χ3v) is 4.51. The van der Waals surface area contributed by atoms with Gasteiger partial charge in [-0.1, -0.05) is 26.3 Å². The van der Waals surface area contributed by atoms with Gasteiger partial charge in [-0.05, 0) is 24.3 Å². The molecule has 0 aliphatic heterocycles. The smallest absolute Gasteiger partial charge is 0.157 e. The Morgan fingerprint density at radius 2 is 0.697 bits per heavy atom. The summed E-state index contributed by atoms with van der Waals surface area (Å²) in [5, 5.41) is 0. The van der Waals surface area contributed by atoms with E-state index in [1.54, 1.807) is 0 Å². The topological polar surface area (TPSA) is 105 Å². The molecule has 0 fully saturated rings. The molecule has 0 aliphatic rings. The van der Waals surface area contributed by atoms with Crippen LogP contribution in [0.4, 0.5) is 0 Å². The van der Waals surface area contributed by atoms with Crippen LogP contribution in [0.5, 0.6) is 0 Å². The number of carbonyl (C=O) groups excluding carboxylic acids is 4. The first-order valence-electron chi connectivity index (χ1n) is 10.7. The molecular weight excluding hydrogens is 428 g/mol. The molecule has 0 heterocycles. The van der Waals surface area contributed by atoms with Crippen molar-refractivity contribution in [3.05, 3.63) is 50.6 Å². The maximum atomic E-state index is 11.5. The summed E-state index contributed by atoms with van der Waals surface area (Å²) in [5.41, 5.74) is -0.789. The first kappa shape index (κ1) is 30.5. The van der Waals surface area contributed by atoms with Crippen LogP contribution >= 0.6 is 0 Å². The van der Waals surface area contributed by atoms with Crippen LogP contribution in [0.1, 0.15) is 25.7 Å². The van der Waals surface area contributed by atoms with Gasteiger partial charge in [0.1, 0.15) is 0 Å². The van der Waals surface area contributed by atoms with Gasteiger partial charge in [0.2, 0.25) is 0 Å². The molecule has 8 nitrogen and oxygen atoms in total. The molecule has 0 aromatic carbocycles. The molecule has 0 bridgehead atoms. The SMILES string of the molecule is C=CC(=O)CCOCC(COCCC(=O)C=C)(COCCC(=O)C=C)COCCC(=O)C=C. The monoisotopic (exact) mass is 464 g/mol. The third kappa shape index (κ3) is 15.8. The van der Waals surface area contributed by atoms with Crippen LogP contribution < -0.4 is 0 Å². The Balaban J connectivity index is 5.15. The lowest BCUT2D eigenvalue weighted by Gasteiger charge is -2.33. The van der Waals surface area contributed by atoms with Crippen molar-refractivity contribution in [1.82, 2.24) is 0 Å². The Labute approximate surface area is 196 Å². The number of carbonyl (C=O) groups is 4. The average Bonchev–Trinajstić information content (AvgIpc) is 2.83. The molecule has 0 spiro atoms. The van der Waals surface area contributed by atoms with Crippen LogP contribution in [0, 0.1) is 5.41 Å². The lowest BCUT2D eigenvalue weighted by atomic mass is 9.92. The van der Waals surface area contributed by atoms with Crippen molar-refractivity contribution in [1.29, 1.82) is 0 Å². The Kier molecular flexibility index (Phi) is 17.5. The highest BCUT2D eigenvalue weighted by atomic mass is 16.5. The van der Waals surface area contributed by atoms with Gasteiger partial charge in [0.05, 0.1) is 58.3 Å². The maximum Gasteiger partial charge on any atom is 0.157 e. The molecule has 33 heavy (non-hydrogen) atoms. The molecule has 0 rings (SSSR count). The molecule has 0 unspecified atom stereocenters. The predicted molar refractivity (Wildman–Crippen MR) is 125 cm³/mol. The molecular formula is C25H36O8. The summed E-state index contributed by atoms with van der Waals surface area (Å²) in [6, 6.07) is 0. The quantitative estimate of drug-likeness (QED) is 0.159. The number of hydrogen-bond acceptors (Lipinski definition) is 8. The van der Waals surface area contributed by atoms with Gasteiger partial charge >= 0.3 is 0 Å². The van der Waals surface area contributed by atoms with Gasteiger partial charge in [0, 0.05) is 25.7 Å². The third-order valence-electron chi connectivity index (χ3n) is 4.51. The molecule has 0 atom stereocenters. The normalized spacial score (nSPS) is 10.9. The van der Waals surface area contributed by atoms with Crippen molar-refractivity contribution in [2.45, 2.75) is 25.7 Å². The molecule has 0 aliphatic carbocycles. The molecule has 8 heteroatoms. The van der Waals surface area contributed by atoms with Crippen LogP contribution in [0.3, 0.4) is 0 Å². The minimum atomic E-state index is -0.789. The second-order valence-corrected chi connectivity index (χ2v) is 7.39. The van der Waals surface area contributed by atoms with Gasteiger partial charge in [0.25, 0.3) is 0 Å². The van der Waals surface area contributed by atoms with E-state index in [1.807, 2.05) is 0 Å². The zero-order valence-electron chi connectivity index (χ0n) is 19.4. The summed E-state index contributed by atoms with van der Waals surface area (Å²) in [6.45, 7) is 15.0. The highest BCUT2D eigenvalue weighted by Crippen LogP contribution is 2.21. The van der Waals surface area contributed by atoms with Crippen molar-refractivity contribution in [2.24, 2.45) is 5.41 Å². The lowest BCUT2D eigenvalue weighted by Crippen LogP contribution is -2.42. The molecule has 0 aromatic heterocycles. The first-order valence-corrected chi connectivity index (χ1v) is 10.7. The van der Waals surface area contributed by atoms with Crippen molar-refractivity contribution in [2.75, 3.05) is 52.9 Å². The molecule has 0 amide bonds. The van der Waals surface area contributed by atoms with E-state index < -0.39 is 5.41 Å². The minimum Gasteiger partial charge on any atom is -0.380 e. The number of hydrogen-bond donors (Lipinski definition) is 0. The molecule has 0 N–H and O–H groups in total. The minimum absolute atomic E-state index is 0.137. The number of rotatable bonds is 24.